The number of aryl methyl sites for hydroxylation is 2. The molecule has 2 aromatic carbocycles. The number of nitrogens with one attached hydrogen (secondary N) is 2. The van der Waals surface area contributed by atoms with Crippen LogP contribution < -0.4 is 10.6 Å². The summed E-state index contributed by atoms with van der Waals surface area (Å²) in [7, 11) is 0. The summed E-state index contributed by atoms with van der Waals surface area (Å²) in [6.07, 6.45) is 0.875. The number of aromatic hydroxyl groups is 1. The van der Waals surface area contributed by atoms with Crippen LogP contribution in [0.1, 0.15) is 29.5 Å². The third-order valence-corrected chi connectivity index (χ3v) is 4.90. The lowest BCUT2D eigenvalue weighted by Crippen LogP contribution is -2.51. The summed E-state index contributed by atoms with van der Waals surface area (Å²) in [4.78, 5) is 35.4. The van der Waals surface area contributed by atoms with Gasteiger partial charge in [-0.25, -0.2) is 4.79 Å². The van der Waals surface area contributed by atoms with Crippen LogP contribution in [-0.2, 0) is 27.2 Å². The van der Waals surface area contributed by atoms with Gasteiger partial charge in [-0.1, -0.05) is 42.5 Å². The van der Waals surface area contributed by atoms with Crippen molar-refractivity contribution in [2.24, 2.45) is 0 Å². The summed E-state index contributed by atoms with van der Waals surface area (Å²) in [5, 5.41) is 33.7. The molecule has 8 nitrogen and oxygen atoms in total. The van der Waals surface area contributed by atoms with Gasteiger partial charge in [-0.2, -0.15) is 0 Å². The summed E-state index contributed by atoms with van der Waals surface area (Å²) in [5.41, 5.74) is 2.46. The van der Waals surface area contributed by atoms with Crippen LogP contribution in [0.15, 0.2) is 48.5 Å². The molecule has 2 rings (SSSR count). The van der Waals surface area contributed by atoms with E-state index in [0.29, 0.717) is 19.4 Å². The van der Waals surface area contributed by atoms with Crippen molar-refractivity contribution in [3.63, 3.8) is 0 Å². The van der Waals surface area contributed by atoms with Crippen molar-refractivity contribution in [1.82, 2.24) is 10.6 Å². The molecule has 0 fully saturated rings. The van der Waals surface area contributed by atoms with Crippen molar-refractivity contribution in [3.8, 4) is 5.75 Å². The van der Waals surface area contributed by atoms with Crippen LogP contribution in [0.3, 0.4) is 0 Å². The standard InChI is InChI=1S/C23H28N2O6/c1-15-9-10-17(13-20(15)26)8-5-11-24-18(14-21(27)28)22(29)25-19(23(30)31)12-16-6-3-2-4-7-16/h2-4,6-7,9-10,13,18-19,24,26H,5,8,11-12,14H2,1H3,(H,25,29)(H,27,28)(H,30,31)/t18-,19-/m0/s1. The Labute approximate surface area is 180 Å². The van der Waals surface area contributed by atoms with Gasteiger partial charge in [-0.05, 0) is 49.1 Å². The van der Waals surface area contributed by atoms with E-state index in [1.165, 1.54) is 0 Å². The number of hydrogen-bond donors (Lipinski definition) is 5. The predicted molar refractivity (Wildman–Crippen MR) is 115 cm³/mol. The minimum atomic E-state index is -1.19. The van der Waals surface area contributed by atoms with Gasteiger partial charge >= 0.3 is 11.9 Å². The molecule has 31 heavy (non-hydrogen) atoms. The smallest absolute Gasteiger partial charge is 0.326 e. The molecule has 0 bridgehead atoms. The number of rotatable bonds is 12. The summed E-state index contributed by atoms with van der Waals surface area (Å²) >= 11 is 0. The highest BCUT2D eigenvalue weighted by atomic mass is 16.4. The molecule has 0 unspecified atom stereocenters. The van der Waals surface area contributed by atoms with E-state index in [4.69, 9.17) is 5.11 Å². The van der Waals surface area contributed by atoms with E-state index in [1.807, 2.05) is 18.2 Å². The number of carboxylic acid groups (broad SMARTS) is 2. The van der Waals surface area contributed by atoms with Crippen LogP contribution in [-0.4, -0.2) is 51.8 Å². The number of phenols is 1. The number of hydrogen-bond acceptors (Lipinski definition) is 5. The van der Waals surface area contributed by atoms with Crippen LogP contribution in [0.5, 0.6) is 5.75 Å². The molecule has 166 valence electrons. The monoisotopic (exact) mass is 428 g/mol. The first kappa shape index (κ1) is 23.9. The second kappa shape index (κ2) is 11.7. The zero-order valence-electron chi connectivity index (χ0n) is 17.4. The molecule has 0 aromatic heterocycles. The topological polar surface area (TPSA) is 136 Å². The maximum atomic E-state index is 12.6. The summed E-state index contributed by atoms with van der Waals surface area (Å²) in [6, 6.07) is 12.1. The highest BCUT2D eigenvalue weighted by molar-refractivity contribution is 5.89. The fourth-order valence-electron chi connectivity index (χ4n) is 3.13. The summed E-state index contributed by atoms with van der Waals surface area (Å²) in [6.45, 7) is 2.16. The molecular weight excluding hydrogens is 400 g/mol. The number of benzene rings is 2. The van der Waals surface area contributed by atoms with Crippen molar-refractivity contribution in [2.75, 3.05) is 6.54 Å². The van der Waals surface area contributed by atoms with Crippen LogP contribution in [0.4, 0.5) is 0 Å². The van der Waals surface area contributed by atoms with Crippen LogP contribution in [0.2, 0.25) is 0 Å². The molecule has 0 saturated heterocycles. The number of aliphatic carboxylic acids is 2. The third-order valence-electron chi connectivity index (χ3n) is 4.90. The summed E-state index contributed by atoms with van der Waals surface area (Å²) < 4.78 is 0. The molecule has 0 radical (unpaired) electrons. The molecule has 0 spiro atoms. The van der Waals surface area contributed by atoms with Gasteiger partial charge < -0.3 is 26.0 Å². The average Bonchev–Trinajstić information content (AvgIpc) is 2.72. The Balaban J connectivity index is 1.92. The first-order valence-corrected chi connectivity index (χ1v) is 10.1. The third kappa shape index (κ3) is 8.10. The highest BCUT2D eigenvalue weighted by Crippen LogP contribution is 2.18. The lowest BCUT2D eigenvalue weighted by atomic mass is 10.0. The van der Waals surface area contributed by atoms with Crippen molar-refractivity contribution in [2.45, 2.75) is 44.7 Å². The predicted octanol–water partition coefficient (Wildman–Crippen LogP) is 1.88. The molecule has 0 aliphatic carbocycles. The number of phenolic OH excluding ortho intramolecular Hbond substituents is 1. The molecule has 0 aliphatic rings. The minimum absolute atomic E-state index is 0.0959. The molecule has 0 aliphatic heterocycles. The van der Waals surface area contributed by atoms with E-state index < -0.39 is 36.4 Å². The van der Waals surface area contributed by atoms with Gasteiger partial charge in [-0.15, -0.1) is 0 Å². The van der Waals surface area contributed by atoms with Gasteiger partial charge in [0.2, 0.25) is 5.91 Å². The maximum Gasteiger partial charge on any atom is 0.326 e. The first-order valence-electron chi connectivity index (χ1n) is 10.1. The Kier molecular flexibility index (Phi) is 9.02. The van der Waals surface area contributed by atoms with Crippen molar-refractivity contribution >= 4 is 17.8 Å². The van der Waals surface area contributed by atoms with Gasteiger partial charge in [0.25, 0.3) is 0 Å². The molecule has 8 heteroatoms. The van der Waals surface area contributed by atoms with Gasteiger partial charge in [0.1, 0.15) is 11.8 Å². The Morgan fingerprint density at radius 2 is 1.68 bits per heavy atom. The molecule has 2 aromatic rings. The van der Waals surface area contributed by atoms with Crippen molar-refractivity contribution in [1.29, 1.82) is 0 Å². The van der Waals surface area contributed by atoms with Crippen LogP contribution in [0.25, 0.3) is 0 Å². The zero-order chi connectivity index (χ0) is 22.8. The van der Waals surface area contributed by atoms with E-state index in [2.05, 4.69) is 10.6 Å². The minimum Gasteiger partial charge on any atom is -0.508 e. The maximum absolute atomic E-state index is 12.6. The SMILES string of the molecule is Cc1ccc(CCCN[C@@H](CC(=O)O)C(=O)N[C@@H](Cc2ccccc2)C(=O)O)cc1O. The highest BCUT2D eigenvalue weighted by Gasteiger charge is 2.26. The van der Waals surface area contributed by atoms with Gasteiger partial charge in [-0.3, -0.25) is 9.59 Å². The Bertz CT molecular complexity index is 900. The lowest BCUT2D eigenvalue weighted by Gasteiger charge is -2.20. The number of carbonyl (C=O) groups excluding carboxylic acids is 1. The fourth-order valence-corrected chi connectivity index (χ4v) is 3.13. The van der Waals surface area contributed by atoms with E-state index in [0.717, 1.165) is 16.7 Å². The van der Waals surface area contributed by atoms with Crippen molar-refractivity contribution < 1.29 is 29.7 Å². The van der Waals surface area contributed by atoms with Crippen LogP contribution >= 0.6 is 0 Å². The fraction of sp³-hybridized carbons (Fsp3) is 0.348. The van der Waals surface area contributed by atoms with Crippen molar-refractivity contribution in [3.05, 3.63) is 65.2 Å². The Morgan fingerprint density at radius 1 is 0.968 bits per heavy atom. The number of amides is 1. The Morgan fingerprint density at radius 3 is 2.29 bits per heavy atom. The number of carboxylic acids is 2. The van der Waals surface area contributed by atoms with E-state index in [9.17, 15) is 24.6 Å². The lowest BCUT2D eigenvalue weighted by molar-refractivity contribution is -0.143. The molecule has 5 N–H and O–H groups in total. The zero-order valence-corrected chi connectivity index (χ0v) is 17.4. The molecule has 1 amide bonds. The van der Waals surface area contributed by atoms with E-state index in [-0.39, 0.29) is 12.2 Å². The van der Waals surface area contributed by atoms with Gasteiger partial charge in [0.05, 0.1) is 12.5 Å². The largest absolute Gasteiger partial charge is 0.508 e. The van der Waals surface area contributed by atoms with E-state index in [1.54, 1.807) is 37.3 Å². The first-order chi connectivity index (χ1) is 14.8. The van der Waals surface area contributed by atoms with Crippen LogP contribution in [0, 0.1) is 6.92 Å². The molecule has 0 saturated carbocycles. The molecule has 2 atom stereocenters. The van der Waals surface area contributed by atoms with Gasteiger partial charge in [0, 0.05) is 6.42 Å². The average molecular weight is 428 g/mol. The normalized spacial score (nSPS) is 12.7. The Hall–Kier alpha value is -3.39. The second-order valence-corrected chi connectivity index (χ2v) is 7.42. The van der Waals surface area contributed by atoms with Gasteiger partial charge in [0.15, 0.2) is 0 Å². The number of carbonyl (C=O) groups is 3. The van der Waals surface area contributed by atoms with E-state index >= 15 is 0 Å². The second-order valence-electron chi connectivity index (χ2n) is 7.42. The molecule has 0 heterocycles. The quantitative estimate of drug-likeness (QED) is 0.326. The summed E-state index contributed by atoms with van der Waals surface area (Å²) in [5.74, 6) is -2.80. The molecular formula is C23H28N2O6.